The lowest BCUT2D eigenvalue weighted by Gasteiger charge is -2.26. The fourth-order valence-electron chi connectivity index (χ4n) is 2.53. The third-order valence-corrected chi connectivity index (χ3v) is 5.33. The van der Waals surface area contributed by atoms with Crippen molar-refractivity contribution in [2.24, 2.45) is 5.92 Å². The van der Waals surface area contributed by atoms with Crippen LogP contribution in [0.3, 0.4) is 0 Å². The number of carbonyl (C=O) groups excluding carboxylic acids is 1. The zero-order chi connectivity index (χ0) is 15.2. The predicted octanol–water partition coefficient (Wildman–Crippen LogP) is 2.87. The molecule has 0 saturated carbocycles. The Balaban J connectivity index is 1.98. The van der Waals surface area contributed by atoms with Gasteiger partial charge in [0.1, 0.15) is 0 Å². The second-order valence-electron chi connectivity index (χ2n) is 5.26. The van der Waals surface area contributed by atoms with Crippen molar-refractivity contribution in [2.45, 2.75) is 32.9 Å². The van der Waals surface area contributed by atoms with Gasteiger partial charge in [0.2, 0.25) is 5.91 Å². The van der Waals surface area contributed by atoms with Gasteiger partial charge in [0.25, 0.3) is 0 Å². The third kappa shape index (κ3) is 4.52. The van der Waals surface area contributed by atoms with Crippen molar-refractivity contribution in [2.75, 3.05) is 26.3 Å². The summed E-state index contributed by atoms with van der Waals surface area (Å²) in [5, 5.41) is 3.43. The Morgan fingerprint density at radius 1 is 1.48 bits per heavy atom. The van der Waals surface area contributed by atoms with Crippen molar-refractivity contribution in [1.82, 2.24) is 10.2 Å². The number of nitrogens with one attached hydrogen (secondary N) is 1. The highest BCUT2D eigenvalue weighted by Gasteiger charge is 2.35. The molecule has 2 unspecified atom stereocenters. The maximum absolute atomic E-state index is 12.8. The van der Waals surface area contributed by atoms with E-state index in [1.165, 1.54) is 4.88 Å². The largest absolute Gasteiger partial charge is 0.379 e. The van der Waals surface area contributed by atoms with Crippen LogP contribution < -0.4 is 5.32 Å². The van der Waals surface area contributed by atoms with Crippen LogP contribution in [0.2, 0.25) is 0 Å². The van der Waals surface area contributed by atoms with E-state index in [2.05, 4.69) is 34.2 Å². The van der Waals surface area contributed by atoms with Gasteiger partial charge in [-0.15, -0.1) is 11.3 Å². The van der Waals surface area contributed by atoms with Crippen molar-refractivity contribution >= 4 is 33.2 Å². The first-order valence-electron chi connectivity index (χ1n) is 7.49. The first kappa shape index (κ1) is 16.9. The zero-order valence-electron chi connectivity index (χ0n) is 12.6. The number of hydrogen-bond donors (Lipinski definition) is 1. The summed E-state index contributed by atoms with van der Waals surface area (Å²) in [6, 6.07) is 4.26. The first-order valence-corrected chi connectivity index (χ1v) is 9.10. The van der Waals surface area contributed by atoms with Gasteiger partial charge >= 0.3 is 0 Å². The summed E-state index contributed by atoms with van der Waals surface area (Å²) in [6.07, 6.45) is 1.07. The van der Waals surface area contributed by atoms with E-state index in [9.17, 15) is 4.79 Å². The summed E-state index contributed by atoms with van der Waals surface area (Å²) in [4.78, 5) is 15.9. The minimum Gasteiger partial charge on any atom is -0.379 e. The molecule has 2 atom stereocenters. The molecule has 1 aliphatic heterocycles. The molecule has 0 spiro atoms. The molecule has 118 valence electrons. The summed E-state index contributed by atoms with van der Waals surface area (Å²) >= 11 is 5.15. The molecule has 1 N–H and O–H groups in total. The van der Waals surface area contributed by atoms with Crippen LogP contribution in [0, 0.1) is 5.92 Å². The van der Waals surface area contributed by atoms with E-state index in [4.69, 9.17) is 4.74 Å². The van der Waals surface area contributed by atoms with Crippen molar-refractivity contribution in [3.05, 3.63) is 20.8 Å². The van der Waals surface area contributed by atoms with Crippen LogP contribution in [0.25, 0.3) is 0 Å². The van der Waals surface area contributed by atoms with Gasteiger partial charge in [-0.2, -0.15) is 0 Å². The van der Waals surface area contributed by atoms with Crippen LogP contribution in [-0.2, 0) is 16.1 Å². The Bertz CT molecular complexity index is 466. The molecular weight excluding hydrogens is 352 g/mol. The second-order valence-corrected chi connectivity index (χ2v) is 7.81. The van der Waals surface area contributed by atoms with Crippen LogP contribution in [0.15, 0.2) is 15.9 Å². The number of amides is 1. The molecule has 1 fully saturated rings. The topological polar surface area (TPSA) is 41.6 Å². The average molecular weight is 375 g/mol. The van der Waals surface area contributed by atoms with E-state index in [0.29, 0.717) is 19.8 Å². The molecule has 1 saturated heterocycles. The number of ether oxygens (including phenoxy) is 1. The Morgan fingerprint density at radius 2 is 2.29 bits per heavy atom. The van der Waals surface area contributed by atoms with E-state index in [1.807, 2.05) is 17.9 Å². The molecule has 4 nitrogen and oxygen atoms in total. The lowest BCUT2D eigenvalue weighted by molar-refractivity contribution is -0.136. The van der Waals surface area contributed by atoms with Crippen LogP contribution in [0.1, 0.15) is 25.1 Å². The van der Waals surface area contributed by atoms with Crippen LogP contribution >= 0.6 is 27.3 Å². The molecular formula is C15H23BrN2O2S. The maximum Gasteiger partial charge on any atom is 0.230 e. The van der Waals surface area contributed by atoms with Crippen molar-refractivity contribution < 1.29 is 9.53 Å². The molecule has 1 amide bonds. The molecule has 2 heterocycles. The van der Waals surface area contributed by atoms with Gasteiger partial charge in [-0.05, 0) is 48.0 Å². The number of halogens is 1. The van der Waals surface area contributed by atoms with Gasteiger partial charge in [0.15, 0.2) is 0 Å². The third-order valence-electron chi connectivity index (χ3n) is 3.72. The van der Waals surface area contributed by atoms with Gasteiger partial charge in [-0.25, -0.2) is 0 Å². The fourth-order valence-corrected chi connectivity index (χ4v) is 4.03. The Kier molecular flexibility index (Phi) is 6.67. The molecule has 1 aromatic rings. The summed E-state index contributed by atoms with van der Waals surface area (Å²) in [5.74, 6) is 0.146. The highest BCUT2D eigenvalue weighted by Crippen LogP contribution is 2.25. The SMILES string of the molecule is CCCNC1COCC1C(=O)N(CC)Cc1ccc(Br)s1. The molecule has 2 rings (SSSR count). The predicted molar refractivity (Wildman–Crippen MR) is 89.5 cm³/mol. The highest BCUT2D eigenvalue weighted by molar-refractivity contribution is 9.11. The number of hydrogen-bond acceptors (Lipinski definition) is 4. The smallest absolute Gasteiger partial charge is 0.230 e. The van der Waals surface area contributed by atoms with Crippen molar-refractivity contribution in [3.8, 4) is 0 Å². The fraction of sp³-hybridized carbons (Fsp3) is 0.667. The lowest BCUT2D eigenvalue weighted by Crippen LogP contribution is -2.45. The van der Waals surface area contributed by atoms with E-state index in [0.717, 1.165) is 23.3 Å². The van der Waals surface area contributed by atoms with Gasteiger partial charge in [-0.3, -0.25) is 4.79 Å². The van der Waals surface area contributed by atoms with Crippen LogP contribution in [0.4, 0.5) is 0 Å². The number of thiophene rings is 1. The van der Waals surface area contributed by atoms with Gasteiger partial charge in [0.05, 0.1) is 29.5 Å². The average Bonchev–Trinajstić information content (AvgIpc) is 3.10. The molecule has 0 aliphatic carbocycles. The molecule has 1 aromatic heterocycles. The molecule has 0 bridgehead atoms. The molecule has 0 aromatic carbocycles. The second kappa shape index (κ2) is 8.27. The Morgan fingerprint density at radius 3 is 2.90 bits per heavy atom. The monoisotopic (exact) mass is 374 g/mol. The standard InChI is InChI=1S/C15H23BrN2O2S/c1-3-7-17-13-10-20-9-12(13)15(19)18(4-2)8-11-5-6-14(16)21-11/h5-6,12-13,17H,3-4,7-10H2,1-2H3. The van der Waals surface area contributed by atoms with Crippen molar-refractivity contribution in [1.29, 1.82) is 0 Å². The molecule has 0 radical (unpaired) electrons. The van der Waals surface area contributed by atoms with E-state index in [1.54, 1.807) is 11.3 Å². The van der Waals surface area contributed by atoms with E-state index in [-0.39, 0.29) is 17.9 Å². The Hall–Kier alpha value is -0.430. The Labute approximate surface area is 139 Å². The summed E-state index contributed by atoms with van der Waals surface area (Å²) < 4.78 is 6.63. The van der Waals surface area contributed by atoms with Gasteiger partial charge < -0.3 is 15.0 Å². The quantitative estimate of drug-likeness (QED) is 0.797. The summed E-state index contributed by atoms with van der Waals surface area (Å²) in [7, 11) is 0. The summed E-state index contributed by atoms with van der Waals surface area (Å²) in [6.45, 7) is 7.68. The number of rotatable bonds is 7. The lowest BCUT2D eigenvalue weighted by atomic mass is 10.0. The van der Waals surface area contributed by atoms with Crippen LogP contribution in [-0.4, -0.2) is 43.2 Å². The number of carbonyl (C=O) groups is 1. The van der Waals surface area contributed by atoms with E-state index >= 15 is 0 Å². The highest BCUT2D eigenvalue weighted by atomic mass is 79.9. The van der Waals surface area contributed by atoms with Crippen LogP contribution in [0.5, 0.6) is 0 Å². The van der Waals surface area contributed by atoms with Crippen molar-refractivity contribution in [3.63, 3.8) is 0 Å². The minimum atomic E-state index is -0.0556. The number of nitrogens with zero attached hydrogens (tertiary/aromatic N) is 1. The molecule has 1 aliphatic rings. The first-order chi connectivity index (χ1) is 10.2. The van der Waals surface area contributed by atoms with Gasteiger partial charge in [0, 0.05) is 17.5 Å². The van der Waals surface area contributed by atoms with Gasteiger partial charge in [-0.1, -0.05) is 6.92 Å². The van der Waals surface area contributed by atoms with E-state index < -0.39 is 0 Å². The zero-order valence-corrected chi connectivity index (χ0v) is 15.0. The normalized spacial score (nSPS) is 21.7. The molecule has 21 heavy (non-hydrogen) atoms. The molecule has 6 heteroatoms. The summed E-state index contributed by atoms with van der Waals surface area (Å²) in [5.41, 5.74) is 0. The minimum absolute atomic E-state index is 0.0556. The maximum atomic E-state index is 12.8.